The summed E-state index contributed by atoms with van der Waals surface area (Å²) in [5.74, 6) is 0.926. The SMILES string of the molecule is CCC1NC(c2ccc(F)cc2)N(C(C)CCSC)C1=O. The predicted octanol–water partition coefficient (Wildman–Crippen LogP) is 3.18. The van der Waals surface area contributed by atoms with Crippen LogP contribution in [0.2, 0.25) is 0 Å². The Balaban J connectivity index is 2.23. The average Bonchev–Trinajstić information content (AvgIpc) is 2.82. The van der Waals surface area contributed by atoms with Crippen molar-refractivity contribution >= 4 is 17.7 Å². The van der Waals surface area contributed by atoms with E-state index in [1.165, 1.54) is 12.1 Å². The highest BCUT2D eigenvalue weighted by molar-refractivity contribution is 7.98. The van der Waals surface area contributed by atoms with Crippen LogP contribution < -0.4 is 5.32 Å². The monoisotopic (exact) mass is 310 g/mol. The van der Waals surface area contributed by atoms with E-state index in [4.69, 9.17) is 0 Å². The summed E-state index contributed by atoms with van der Waals surface area (Å²) in [6.45, 7) is 4.09. The van der Waals surface area contributed by atoms with Crippen LogP contribution in [-0.2, 0) is 4.79 Å². The lowest BCUT2D eigenvalue weighted by Crippen LogP contribution is -2.38. The third-order valence-electron chi connectivity index (χ3n) is 4.00. The van der Waals surface area contributed by atoms with Crippen LogP contribution in [0.1, 0.15) is 38.4 Å². The van der Waals surface area contributed by atoms with Crippen molar-refractivity contribution < 1.29 is 9.18 Å². The molecular formula is C16H23FN2OS. The summed E-state index contributed by atoms with van der Waals surface area (Å²) in [6, 6.07) is 6.44. The van der Waals surface area contributed by atoms with Gasteiger partial charge in [-0.05, 0) is 49.5 Å². The summed E-state index contributed by atoms with van der Waals surface area (Å²) < 4.78 is 13.1. The van der Waals surface area contributed by atoms with Crippen molar-refractivity contribution in [1.82, 2.24) is 10.2 Å². The summed E-state index contributed by atoms with van der Waals surface area (Å²) in [5, 5.41) is 3.38. The van der Waals surface area contributed by atoms with Gasteiger partial charge in [-0.15, -0.1) is 0 Å². The second-order valence-electron chi connectivity index (χ2n) is 5.46. The first-order valence-corrected chi connectivity index (χ1v) is 8.80. The van der Waals surface area contributed by atoms with E-state index in [0.717, 1.165) is 24.2 Å². The van der Waals surface area contributed by atoms with Gasteiger partial charge in [-0.25, -0.2) is 4.39 Å². The number of thioether (sulfide) groups is 1. The molecule has 1 fully saturated rings. The third kappa shape index (κ3) is 3.58. The third-order valence-corrected chi connectivity index (χ3v) is 4.64. The number of amides is 1. The molecule has 3 nitrogen and oxygen atoms in total. The van der Waals surface area contributed by atoms with Crippen molar-refractivity contribution in [2.45, 2.75) is 44.9 Å². The van der Waals surface area contributed by atoms with Gasteiger partial charge in [0.1, 0.15) is 12.0 Å². The van der Waals surface area contributed by atoms with Crippen LogP contribution in [0.25, 0.3) is 0 Å². The summed E-state index contributed by atoms with van der Waals surface area (Å²) in [6.07, 6.45) is 3.65. The molecule has 1 aromatic carbocycles. The molecule has 2 rings (SSSR count). The molecule has 116 valence electrons. The van der Waals surface area contributed by atoms with Crippen molar-refractivity contribution in [3.63, 3.8) is 0 Å². The van der Waals surface area contributed by atoms with Gasteiger partial charge in [0.25, 0.3) is 0 Å². The molecule has 1 N–H and O–H groups in total. The van der Waals surface area contributed by atoms with E-state index < -0.39 is 0 Å². The fourth-order valence-electron chi connectivity index (χ4n) is 2.74. The van der Waals surface area contributed by atoms with Gasteiger partial charge in [0, 0.05) is 6.04 Å². The van der Waals surface area contributed by atoms with Gasteiger partial charge in [-0.1, -0.05) is 19.1 Å². The zero-order valence-corrected chi connectivity index (χ0v) is 13.6. The maximum atomic E-state index is 13.1. The number of nitrogens with zero attached hydrogens (tertiary/aromatic N) is 1. The Labute approximate surface area is 130 Å². The number of halogens is 1. The van der Waals surface area contributed by atoms with Crippen LogP contribution >= 0.6 is 11.8 Å². The molecule has 1 aliphatic rings. The quantitative estimate of drug-likeness (QED) is 0.876. The summed E-state index contributed by atoms with van der Waals surface area (Å²) in [5.41, 5.74) is 0.941. The second kappa shape index (κ2) is 7.27. The van der Waals surface area contributed by atoms with E-state index >= 15 is 0 Å². The molecule has 0 saturated carbocycles. The molecular weight excluding hydrogens is 287 g/mol. The van der Waals surface area contributed by atoms with Crippen molar-refractivity contribution in [2.24, 2.45) is 0 Å². The van der Waals surface area contributed by atoms with Crippen molar-refractivity contribution in [1.29, 1.82) is 0 Å². The first-order chi connectivity index (χ1) is 10.1. The zero-order valence-electron chi connectivity index (χ0n) is 12.8. The Kier molecular flexibility index (Phi) is 5.65. The highest BCUT2D eigenvalue weighted by Gasteiger charge is 2.40. The molecule has 3 atom stereocenters. The molecule has 1 aliphatic heterocycles. The zero-order chi connectivity index (χ0) is 15.4. The minimum absolute atomic E-state index is 0.142. The minimum atomic E-state index is -0.253. The molecule has 0 aliphatic carbocycles. The molecule has 21 heavy (non-hydrogen) atoms. The van der Waals surface area contributed by atoms with Crippen molar-refractivity contribution in [3.8, 4) is 0 Å². The van der Waals surface area contributed by atoms with Crippen molar-refractivity contribution in [2.75, 3.05) is 12.0 Å². The lowest BCUT2D eigenvalue weighted by molar-refractivity contribution is -0.132. The van der Waals surface area contributed by atoms with E-state index in [1.807, 2.05) is 11.8 Å². The highest BCUT2D eigenvalue weighted by Crippen LogP contribution is 2.30. The Morgan fingerprint density at radius 2 is 2.05 bits per heavy atom. The first-order valence-electron chi connectivity index (χ1n) is 7.41. The second-order valence-corrected chi connectivity index (χ2v) is 6.44. The Morgan fingerprint density at radius 3 is 2.62 bits per heavy atom. The molecule has 1 saturated heterocycles. The first kappa shape index (κ1) is 16.3. The molecule has 1 aromatic rings. The Morgan fingerprint density at radius 1 is 1.38 bits per heavy atom. The topological polar surface area (TPSA) is 32.3 Å². The number of rotatable bonds is 6. The minimum Gasteiger partial charge on any atom is -0.319 e. The molecule has 0 radical (unpaired) electrons. The van der Waals surface area contributed by atoms with E-state index in [1.54, 1.807) is 23.9 Å². The summed E-state index contributed by atoms with van der Waals surface area (Å²) in [4.78, 5) is 14.5. The van der Waals surface area contributed by atoms with E-state index in [2.05, 4.69) is 18.5 Å². The predicted molar refractivity (Wildman–Crippen MR) is 85.7 cm³/mol. The average molecular weight is 310 g/mol. The van der Waals surface area contributed by atoms with Gasteiger partial charge < -0.3 is 4.90 Å². The number of hydrogen-bond donors (Lipinski definition) is 1. The normalized spacial score (nSPS) is 23.6. The van der Waals surface area contributed by atoms with Gasteiger partial charge >= 0.3 is 0 Å². The fourth-order valence-corrected chi connectivity index (χ4v) is 3.32. The summed E-state index contributed by atoms with van der Waals surface area (Å²) >= 11 is 1.79. The molecule has 5 heteroatoms. The molecule has 0 aromatic heterocycles. The number of carbonyl (C=O) groups is 1. The molecule has 1 amide bonds. The van der Waals surface area contributed by atoms with E-state index in [-0.39, 0.29) is 30.0 Å². The molecule has 0 bridgehead atoms. The van der Waals surface area contributed by atoms with Gasteiger partial charge in [0.05, 0.1) is 6.04 Å². The number of benzene rings is 1. The highest BCUT2D eigenvalue weighted by atomic mass is 32.2. The van der Waals surface area contributed by atoms with Gasteiger partial charge in [0.15, 0.2) is 0 Å². The van der Waals surface area contributed by atoms with E-state index in [9.17, 15) is 9.18 Å². The van der Waals surface area contributed by atoms with Crippen LogP contribution in [0.3, 0.4) is 0 Å². The van der Waals surface area contributed by atoms with Gasteiger partial charge in [-0.3, -0.25) is 10.1 Å². The van der Waals surface area contributed by atoms with Crippen molar-refractivity contribution in [3.05, 3.63) is 35.6 Å². The number of hydrogen-bond acceptors (Lipinski definition) is 3. The number of nitrogens with one attached hydrogen (secondary N) is 1. The van der Waals surface area contributed by atoms with Crippen LogP contribution in [0.5, 0.6) is 0 Å². The lowest BCUT2D eigenvalue weighted by Gasteiger charge is -2.30. The smallest absolute Gasteiger partial charge is 0.241 e. The molecule has 1 heterocycles. The van der Waals surface area contributed by atoms with Crippen LogP contribution in [0.15, 0.2) is 24.3 Å². The van der Waals surface area contributed by atoms with Crippen LogP contribution in [0.4, 0.5) is 4.39 Å². The molecule has 0 spiro atoms. The number of carbonyl (C=O) groups excluding carboxylic acids is 1. The summed E-state index contributed by atoms with van der Waals surface area (Å²) in [7, 11) is 0. The fraction of sp³-hybridized carbons (Fsp3) is 0.562. The molecule has 3 unspecified atom stereocenters. The maximum absolute atomic E-state index is 13.1. The van der Waals surface area contributed by atoms with Crippen LogP contribution in [0, 0.1) is 5.82 Å². The van der Waals surface area contributed by atoms with Gasteiger partial charge in [-0.2, -0.15) is 11.8 Å². The Hall–Kier alpha value is -1.07. The van der Waals surface area contributed by atoms with E-state index in [0.29, 0.717) is 0 Å². The largest absolute Gasteiger partial charge is 0.319 e. The lowest BCUT2D eigenvalue weighted by atomic mass is 10.1. The van der Waals surface area contributed by atoms with Gasteiger partial charge in [0.2, 0.25) is 5.91 Å². The van der Waals surface area contributed by atoms with Crippen LogP contribution in [-0.4, -0.2) is 34.9 Å². The maximum Gasteiger partial charge on any atom is 0.241 e. The Bertz CT molecular complexity index is 480. The standard InChI is InChI=1S/C16H23FN2OS/c1-4-14-16(20)19(11(2)9-10-21-3)15(18-14)12-5-7-13(17)8-6-12/h5-8,11,14-15,18H,4,9-10H2,1-3H3.